The molecule has 2 aromatic carbocycles. The number of allylic oxidation sites excluding steroid dienone is 1. The molecule has 49 heavy (non-hydrogen) atoms. The number of fused-ring (bicyclic) bond motifs is 4. The average molecular weight is 661 g/mol. The molecule has 2 N–H and O–H groups in total. The topological polar surface area (TPSA) is 107 Å². The van der Waals surface area contributed by atoms with E-state index in [1.807, 2.05) is 19.1 Å². The Morgan fingerprint density at radius 1 is 1.16 bits per heavy atom. The summed E-state index contributed by atoms with van der Waals surface area (Å²) in [6.45, 7) is 7.46. The highest BCUT2D eigenvalue weighted by Gasteiger charge is 2.51. The van der Waals surface area contributed by atoms with Gasteiger partial charge in [0.2, 0.25) is 0 Å². The maximum atomic E-state index is 17.3. The summed E-state index contributed by atoms with van der Waals surface area (Å²) in [7, 11) is 0. The highest BCUT2D eigenvalue weighted by molar-refractivity contribution is 5.93. The van der Waals surface area contributed by atoms with E-state index in [0.717, 1.165) is 94.5 Å². The molecular formula is C39H41FN6O3. The number of ether oxygens (including phenoxy) is 2. The Kier molecular flexibility index (Phi) is 7.18. The minimum Gasteiger partial charge on any atom is -0.512 e. The normalized spacial score (nSPS) is 26.2. The van der Waals surface area contributed by atoms with E-state index in [4.69, 9.17) is 25.9 Å². The standard InChI is InChI=1S/C39H41FN6O3/c1-3-29-23(2)4-5-24-14-28(47)16-30(32(24)29)33-25(17-41)15-31-35(34(33)40)43-37(44-36(31)46-18-26-6-7-27(19-46)42-26)48-22-38(8-9-38)20-45-12-13-49-39(21-45)10-11-39/h1,4-5,14-15,26-27,30,42,47H,6-13,16,18-22H2,2H3. The number of nitrogens with zero attached hydrogens (tertiary/aromatic N) is 5. The Hall–Kier alpha value is -4.22. The van der Waals surface area contributed by atoms with Crippen LogP contribution in [0.25, 0.3) is 17.0 Å². The molecule has 3 saturated heterocycles. The number of morpholine rings is 1. The zero-order chi connectivity index (χ0) is 33.5. The molecule has 4 heterocycles. The molecule has 2 bridgehead atoms. The average Bonchev–Trinajstić information content (AvgIpc) is 4.02. The summed E-state index contributed by atoms with van der Waals surface area (Å²) in [6.07, 6.45) is 14.4. The quantitative estimate of drug-likeness (QED) is 0.326. The van der Waals surface area contributed by atoms with Gasteiger partial charge in [0.25, 0.3) is 0 Å². The van der Waals surface area contributed by atoms with E-state index in [0.29, 0.717) is 35.5 Å². The van der Waals surface area contributed by atoms with Crippen molar-refractivity contribution >= 4 is 22.8 Å². The predicted molar refractivity (Wildman–Crippen MR) is 184 cm³/mol. The number of halogens is 1. The van der Waals surface area contributed by atoms with Crippen molar-refractivity contribution in [3.05, 3.63) is 63.2 Å². The summed E-state index contributed by atoms with van der Waals surface area (Å²) >= 11 is 0. The second-order valence-electron chi connectivity index (χ2n) is 15.4. The van der Waals surface area contributed by atoms with E-state index in [9.17, 15) is 10.4 Å². The first-order valence-corrected chi connectivity index (χ1v) is 17.7. The van der Waals surface area contributed by atoms with Gasteiger partial charge in [-0.25, -0.2) is 4.39 Å². The molecule has 3 aliphatic carbocycles. The lowest BCUT2D eigenvalue weighted by atomic mass is 9.76. The smallest absolute Gasteiger partial charge is 0.319 e. The van der Waals surface area contributed by atoms with E-state index in [-0.39, 0.29) is 45.9 Å². The third-order valence-corrected chi connectivity index (χ3v) is 11.8. The second-order valence-corrected chi connectivity index (χ2v) is 15.4. The van der Waals surface area contributed by atoms with Crippen molar-refractivity contribution in [2.24, 2.45) is 5.41 Å². The number of aryl methyl sites for hydroxylation is 1. The fourth-order valence-corrected chi connectivity index (χ4v) is 8.87. The summed E-state index contributed by atoms with van der Waals surface area (Å²) < 4.78 is 29.8. The molecule has 9 nitrogen and oxygen atoms in total. The van der Waals surface area contributed by atoms with Gasteiger partial charge in [0.1, 0.15) is 11.3 Å². The van der Waals surface area contributed by atoms with E-state index < -0.39 is 11.7 Å². The van der Waals surface area contributed by atoms with Gasteiger partial charge in [0.05, 0.1) is 36.2 Å². The van der Waals surface area contributed by atoms with Gasteiger partial charge in [-0.1, -0.05) is 18.1 Å². The Bertz CT molecular complexity index is 1980. The van der Waals surface area contributed by atoms with Crippen LogP contribution in [0.1, 0.15) is 84.2 Å². The van der Waals surface area contributed by atoms with Crippen molar-refractivity contribution in [1.82, 2.24) is 20.2 Å². The first-order chi connectivity index (χ1) is 23.8. The largest absolute Gasteiger partial charge is 0.512 e. The lowest BCUT2D eigenvalue weighted by Crippen LogP contribution is -2.51. The second kappa shape index (κ2) is 11.4. The fraction of sp³-hybridized carbons (Fsp3) is 0.513. The van der Waals surface area contributed by atoms with Crippen molar-refractivity contribution < 1.29 is 19.0 Å². The molecular weight excluding hydrogens is 619 g/mol. The zero-order valence-corrected chi connectivity index (χ0v) is 27.9. The molecule has 2 saturated carbocycles. The van der Waals surface area contributed by atoms with E-state index >= 15 is 4.39 Å². The van der Waals surface area contributed by atoms with Crippen molar-refractivity contribution in [3.63, 3.8) is 0 Å². The lowest BCUT2D eigenvalue weighted by Gasteiger charge is -2.35. The fourth-order valence-electron chi connectivity index (χ4n) is 8.87. The molecule has 10 heteroatoms. The van der Waals surface area contributed by atoms with E-state index in [2.05, 4.69) is 27.1 Å². The SMILES string of the molecule is C#Cc1c(C)ccc2c1C(c1c(C#N)cc3c(N4CC5CCC(C4)N5)nc(OCC4(CN5CCOC6(CC6)C5)CC4)nc3c1F)CC(O)=C2. The Morgan fingerprint density at radius 3 is 2.67 bits per heavy atom. The molecule has 252 valence electrons. The molecule has 6 aliphatic rings. The molecule has 0 radical (unpaired) electrons. The van der Waals surface area contributed by atoms with Gasteiger partial charge in [-0.3, -0.25) is 4.90 Å². The minimum absolute atomic E-state index is 0.0214. The van der Waals surface area contributed by atoms with Crippen molar-refractivity contribution in [1.29, 1.82) is 5.26 Å². The van der Waals surface area contributed by atoms with Crippen molar-refractivity contribution in [2.45, 2.75) is 75.5 Å². The molecule has 1 spiro atoms. The number of aliphatic hydroxyl groups excluding tert-OH is 1. The van der Waals surface area contributed by atoms with Crippen LogP contribution in [0.4, 0.5) is 10.2 Å². The van der Waals surface area contributed by atoms with Crippen LogP contribution in [0, 0.1) is 41.8 Å². The first kappa shape index (κ1) is 30.8. The van der Waals surface area contributed by atoms with Gasteiger partial charge in [0.15, 0.2) is 5.82 Å². The lowest BCUT2D eigenvalue weighted by molar-refractivity contribution is -0.0532. The number of hydrogen-bond acceptors (Lipinski definition) is 9. The molecule has 3 aliphatic heterocycles. The summed E-state index contributed by atoms with van der Waals surface area (Å²) in [5.74, 6) is 2.24. The molecule has 3 atom stereocenters. The van der Waals surface area contributed by atoms with Crippen molar-refractivity contribution in [2.75, 3.05) is 50.8 Å². The molecule has 9 rings (SSSR count). The highest BCUT2D eigenvalue weighted by atomic mass is 19.1. The maximum absolute atomic E-state index is 17.3. The van der Waals surface area contributed by atoms with Crippen LogP contribution >= 0.6 is 0 Å². The van der Waals surface area contributed by atoms with Crippen LogP contribution in [0.5, 0.6) is 6.01 Å². The number of aliphatic hydroxyl groups is 1. The van der Waals surface area contributed by atoms with E-state index in [1.54, 1.807) is 12.1 Å². The zero-order valence-electron chi connectivity index (χ0n) is 27.9. The summed E-state index contributed by atoms with van der Waals surface area (Å²) in [6, 6.07) is 8.60. The third kappa shape index (κ3) is 5.42. The molecule has 5 fully saturated rings. The van der Waals surface area contributed by atoms with Crippen LogP contribution in [-0.2, 0) is 4.74 Å². The Labute approximate surface area is 286 Å². The molecule has 3 unspecified atom stereocenters. The number of nitrogens with one attached hydrogen (secondary N) is 1. The first-order valence-electron chi connectivity index (χ1n) is 17.7. The van der Waals surface area contributed by atoms with Gasteiger partial charge in [-0.2, -0.15) is 15.2 Å². The number of hydrogen-bond donors (Lipinski definition) is 2. The highest BCUT2D eigenvalue weighted by Crippen LogP contribution is 2.49. The van der Waals surface area contributed by atoms with Crippen LogP contribution in [0.15, 0.2) is 24.0 Å². The summed E-state index contributed by atoms with van der Waals surface area (Å²) in [5.41, 5.74) is 3.59. The van der Waals surface area contributed by atoms with Crippen LogP contribution < -0.4 is 15.0 Å². The predicted octanol–water partition coefficient (Wildman–Crippen LogP) is 5.33. The monoisotopic (exact) mass is 660 g/mol. The van der Waals surface area contributed by atoms with Gasteiger partial charge in [-0.15, -0.1) is 6.42 Å². The number of piperazine rings is 1. The Morgan fingerprint density at radius 2 is 1.96 bits per heavy atom. The molecule has 1 aromatic heterocycles. The summed E-state index contributed by atoms with van der Waals surface area (Å²) in [5, 5.41) is 25.5. The molecule has 0 amide bonds. The Balaban J connectivity index is 1.12. The number of aromatic nitrogens is 2. The van der Waals surface area contributed by atoms with Gasteiger partial charge < -0.3 is 24.8 Å². The number of rotatable bonds is 7. The van der Waals surface area contributed by atoms with Crippen molar-refractivity contribution in [3.8, 4) is 24.4 Å². The van der Waals surface area contributed by atoms with Gasteiger partial charge in [0, 0.05) is 79.1 Å². The van der Waals surface area contributed by atoms with Crippen LogP contribution in [0.2, 0.25) is 0 Å². The number of terminal acetylenes is 1. The maximum Gasteiger partial charge on any atom is 0.319 e. The van der Waals surface area contributed by atoms with Crippen LogP contribution in [-0.4, -0.2) is 83.6 Å². The number of anilines is 1. The van der Waals surface area contributed by atoms with Gasteiger partial charge in [-0.05, 0) is 74.3 Å². The van der Waals surface area contributed by atoms with E-state index in [1.165, 1.54) is 0 Å². The minimum atomic E-state index is -0.666. The summed E-state index contributed by atoms with van der Waals surface area (Å²) in [4.78, 5) is 14.4. The number of nitriles is 1. The molecule has 3 aromatic rings. The third-order valence-electron chi connectivity index (χ3n) is 11.8. The number of benzene rings is 2. The van der Waals surface area contributed by atoms with Crippen LogP contribution in [0.3, 0.4) is 0 Å². The van der Waals surface area contributed by atoms with Gasteiger partial charge >= 0.3 is 6.01 Å².